The summed E-state index contributed by atoms with van der Waals surface area (Å²) >= 11 is 0. The summed E-state index contributed by atoms with van der Waals surface area (Å²) in [6.45, 7) is 8.19. The summed E-state index contributed by atoms with van der Waals surface area (Å²) in [7, 11) is -3.27. The Kier molecular flexibility index (Phi) is 6.56. The molecule has 11 heteroatoms. The monoisotopic (exact) mass is 506 g/mol. The Hall–Kier alpha value is -1.82. The number of amides is 1. The first-order valence-corrected chi connectivity index (χ1v) is 14.5. The molecule has 1 amide bonds. The zero-order valence-corrected chi connectivity index (χ0v) is 21.8. The van der Waals surface area contributed by atoms with Crippen LogP contribution in [-0.2, 0) is 21.2 Å². The van der Waals surface area contributed by atoms with E-state index in [1.54, 1.807) is 22.3 Å². The van der Waals surface area contributed by atoms with Crippen molar-refractivity contribution in [3.05, 3.63) is 11.8 Å². The maximum Gasteiger partial charge on any atom is 0.228 e. The minimum absolute atomic E-state index is 0.000124. The van der Waals surface area contributed by atoms with Crippen molar-refractivity contribution >= 4 is 27.7 Å². The van der Waals surface area contributed by atoms with E-state index in [0.717, 1.165) is 18.4 Å². The van der Waals surface area contributed by atoms with E-state index in [2.05, 4.69) is 29.0 Å². The molecule has 194 valence electrons. The van der Waals surface area contributed by atoms with Crippen molar-refractivity contribution in [3.63, 3.8) is 0 Å². The number of anilines is 2. The number of hydrogen-bond acceptors (Lipinski definition) is 8. The fourth-order valence-electron chi connectivity index (χ4n) is 5.92. The standard InChI is InChI=1S/C24H38N6O4S/c1-16(2)28-14-19(15-28)35(33,34)29-11-8-18(9-12-29)26-23-25-13-17-6-7-21(31)30(22(17)27-23)20-5-4-10-24(20,3)32/h13,16,18-20,32H,4-12,14-15H2,1-3H3,(H,25,26,27)/t20-,24-/m1/s1. The average molecular weight is 507 g/mol. The van der Waals surface area contributed by atoms with E-state index in [9.17, 15) is 18.3 Å². The van der Waals surface area contributed by atoms with Crippen molar-refractivity contribution < 1.29 is 18.3 Å². The van der Waals surface area contributed by atoms with Gasteiger partial charge in [-0.1, -0.05) is 0 Å². The molecule has 0 aromatic carbocycles. The highest BCUT2D eigenvalue weighted by atomic mass is 32.2. The molecule has 4 aliphatic rings. The van der Waals surface area contributed by atoms with Gasteiger partial charge in [0.15, 0.2) is 0 Å². The fourth-order valence-corrected chi connectivity index (χ4v) is 7.82. The van der Waals surface area contributed by atoms with Gasteiger partial charge in [-0.25, -0.2) is 17.7 Å². The van der Waals surface area contributed by atoms with Crippen LogP contribution in [-0.4, -0.2) is 93.8 Å². The highest BCUT2D eigenvalue weighted by Gasteiger charge is 2.45. The maximum absolute atomic E-state index is 13.0. The maximum atomic E-state index is 13.0. The lowest BCUT2D eigenvalue weighted by atomic mass is 9.95. The van der Waals surface area contributed by atoms with Crippen molar-refractivity contribution in [2.45, 2.75) is 94.7 Å². The van der Waals surface area contributed by atoms with Gasteiger partial charge in [0.05, 0.1) is 11.6 Å². The van der Waals surface area contributed by atoms with E-state index in [0.29, 0.717) is 76.1 Å². The number of likely N-dealkylation sites (tertiary alicyclic amines) is 1. The number of nitrogens with zero attached hydrogens (tertiary/aromatic N) is 5. The summed E-state index contributed by atoms with van der Waals surface area (Å²) in [6.07, 6.45) is 6.46. The molecular formula is C24H38N6O4S. The Labute approximate surface area is 208 Å². The van der Waals surface area contributed by atoms with Gasteiger partial charge < -0.3 is 10.4 Å². The number of sulfonamides is 1. The molecular weight excluding hydrogens is 468 g/mol. The van der Waals surface area contributed by atoms with Gasteiger partial charge in [0.25, 0.3) is 0 Å². The van der Waals surface area contributed by atoms with Crippen LogP contribution >= 0.6 is 0 Å². The molecule has 2 atom stereocenters. The van der Waals surface area contributed by atoms with E-state index in [1.807, 2.05) is 0 Å². The Bertz CT molecular complexity index is 1060. The predicted molar refractivity (Wildman–Crippen MR) is 134 cm³/mol. The third kappa shape index (κ3) is 4.68. The van der Waals surface area contributed by atoms with Crippen LogP contribution in [0.25, 0.3) is 0 Å². The molecule has 2 saturated heterocycles. The molecule has 3 aliphatic heterocycles. The van der Waals surface area contributed by atoms with Crippen molar-refractivity contribution in [3.8, 4) is 0 Å². The van der Waals surface area contributed by atoms with Crippen LogP contribution in [0.3, 0.4) is 0 Å². The highest BCUT2D eigenvalue weighted by molar-refractivity contribution is 7.89. The Morgan fingerprint density at radius 2 is 1.89 bits per heavy atom. The molecule has 1 aromatic rings. The lowest BCUT2D eigenvalue weighted by Crippen LogP contribution is -2.61. The second-order valence-corrected chi connectivity index (χ2v) is 13.3. The zero-order chi connectivity index (χ0) is 25.0. The molecule has 0 bridgehead atoms. The van der Waals surface area contributed by atoms with Gasteiger partial charge in [-0.3, -0.25) is 14.6 Å². The number of carbonyl (C=O) groups is 1. The third-order valence-corrected chi connectivity index (χ3v) is 10.5. The van der Waals surface area contributed by atoms with E-state index in [4.69, 9.17) is 4.98 Å². The Morgan fingerprint density at radius 3 is 2.51 bits per heavy atom. The number of aliphatic hydroxyl groups is 1. The van der Waals surface area contributed by atoms with Crippen LogP contribution in [0.1, 0.15) is 64.9 Å². The van der Waals surface area contributed by atoms with E-state index in [-0.39, 0.29) is 23.2 Å². The van der Waals surface area contributed by atoms with Crippen LogP contribution in [0.4, 0.5) is 11.8 Å². The van der Waals surface area contributed by atoms with Gasteiger partial charge in [-0.15, -0.1) is 0 Å². The molecule has 2 N–H and O–H groups in total. The lowest BCUT2D eigenvalue weighted by Gasteiger charge is -2.44. The Morgan fingerprint density at radius 1 is 1.17 bits per heavy atom. The molecule has 5 rings (SSSR count). The van der Waals surface area contributed by atoms with Gasteiger partial charge in [0.1, 0.15) is 11.1 Å². The van der Waals surface area contributed by atoms with Crippen LogP contribution < -0.4 is 10.2 Å². The van der Waals surface area contributed by atoms with Crippen LogP contribution in [0.5, 0.6) is 0 Å². The largest absolute Gasteiger partial charge is 0.388 e. The number of nitrogens with one attached hydrogen (secondary N) is 1. The molecule has 0 spiro atoms. The normalized spacial score (nSPS) is 29.5. The first kappa shape index (κ1) is 24.9. The second kappa shape index (κ2) is 9.24. The molecule has 35 heavy (non-hydrogen) atoms. The summed E-state index contributed by atoms with van der Waals surface area (Å²) in [4.78, 5) is 26.0. The van der Waals surface area contributed by atoms with Gasteiger partial charge in [-0.05, 0) is 59.3 Å². The number of carbonyl (C=O) groups excluding carboxylic acids is 1. The summed E-state index contributed by atoms with van der Waals surface area (Å²) in [5.74, 6) is 1.06. The quantitative estimate of drug-likeness (QED) is 0.594. The number of piperidine rings is 1. The van der Waals surface area contributed by atoms with E-state index >= 15 is 0 Å². The second-order valence-electron chi connectivity index (χ2n) is 11.1. The minimum atomic E-state index is -3.27. The zero-order valence-electron chi connectivity index (χ0n) is 21.0. The van der Waals surface area contributed by atoms with Gasteiger partial charge in [0, 0.05) is 56.4 Å². The summed E-state index contributed by atoms with van der Waals surface area (Å²) < 4.78 is 27.6. The fraction of sp³-hybridized carbons (Fsp3) is 0.792. The molecule has 1 aromatic heterocycles. The van der Waals surface area contributed by atoms with Crippen molar-refractivity contribution in [1.82, 2.24) is 19.2 Å². The first-order valence-electron chi connectivity index (χ1n) is 13.0. The van der Waals surface area contributed by atoms with Crippen molar-refractivity contribution in [2.24, 2.45) is 0 Å². The third-order valence-electron chi connectivity index (χ3n) is 8.31. The predicted octanol–water partition coefficient (Wildman–Crippen LogP) is 1.36. The summed E-state index contributed by atoms with van der Waals surface area (Å²) in [5, 5.41) is 13.9. The molecule has 0 radical (unpaired) electrons. The molecule has 4 heterocycles. The number of rotatable bonds is 6. The number of hydrogen-bond donors (Lipinski definition) is 2. The van der Waals surface area contributed by atoms with Crippen molar-refractivity contribution in [2.75, 3.05) is 36.4 Å². The van der Waals surface area contributed by atoms with E-state index < -0.39 is 15.6 Å². The van der Waals surface area contributed by atoms with Gasteiger partial charge in [0.2, 0.25) is 21.9 Å². The summed E-state index contributed by atoms with van der Waals surface area (Å²) in [6, 6.07) is 0.165. The summed E-state index contributed by atoms with van der Waals surface area (Å²) in [5.41, 5.74) is 0.00280. The molecule has 10 nitrogen and oxygen atoms in total. The molecule has 1 saturated carbocycles. The Balaban J connectivity index is 1.23. The van der Waals surface area contributed by atoms with Crippen LogP contribution in [0.15, 0.2) is 6.20 Å². The minimum Gasteiger partial charge on any atom is -0.388 e. The van der Waals surface area contributed by atoms with Gasteiger partial charge in [-0.2, -0.15) is 4.98 Å². The first-order chi connectivity index (χ1) is 16.6. The molecule has 0 unspecified atom stereocenters. The van der Waals surface area contributed by atoms with Gasteiger partial charge >= 0.3 is 0 Å². The number of fused-ring (bicyclic) bond motifs is 1. The SMILES string of the molecule is CC(C)N1CC(S(=O)(=O)N2CCC(Nc3ncc4c(n3)N([C@@H]3CCC[C@@]3(C)O)C(=O)CC4)CC2)C1. The van der Waals surface area contributed by atoms with Crippen LogP contribution in [0.2, 0.25) is 0 Å². The molecule has 1 aliphatic carbocycles. The number of aromatic nitrogens is 2. The van der Waals surface area contributed by atoms with Crippen LogP contribution in [0, 0.1) is 0 Å². The number of aryl methyl sites for hydroxylation is 1. The molecule has 3 fully saturated rings. The van der Waals surface area contributed by atoms with E-state index in [1.165, 1.54) is 0 Å². The smallest absolute Gasteiger partial charge is 0.228 e. The lowest BCUT2D eigenvalue weighted by molar-refractivity contribution is -0.120. The topological polar surface area (TPSA) is 119 Å². The van der Waals surface area contributed by atoms with Crippen molar-refractivity contribution in [1.29, 1.82) is 0 Å². The average Bonchev–Trinajstić information content (AvgIpc) is 3.11. The highest BCUT2D eigenvalue weighted by Crippen LogP contribution is 2.39.